The summed E-state index contributed by atoms with van der Waals surface area (Å²) in [6.45, 7) is 5.64. The summed E-state index contributed by atoms with van der Waals surface area (Å²) in [5, 5.41) is 16.0. The molecule has 3 rings (SSSR count). The lowest BCUT2D eigenvalue weighted by atomic mass is 10.1. The van der Waals surface area contributed by atoms with Gasteiger partial charge in [-0.05, 0) is 61.1 Å². The van der Waals surface area contributed by atoms with Gasteiger partial charge in [0.1, 0.15) is 5.60 Å². The molecule has 0 aliphatic heterocycles. The highest BCUT2D eigenvalue weighted by molar-refractivity contribution is 14.1. The first-order valence-corrected chi connectivity index (χ1v) is 10.3. The van der Waals surface area contributed by atoms with Gasteiger partial charge < -0.3 is 20.0 Å². The molecule has 3 aromatic rings. The highest BCUT2D eigenvalue weighted by Crippen LogP contribution is 2.29. The molecule has 0 spiro atoms. The number of rotatable bonds is 5. The van der Waals surface area contributed by atoms with Crippen LogP contribution < -0.4 is 5.32 Å². The van der Waals surface area contributed by atoms with Crippen molar-refractivity contribution in [2.24, 2.45) is 4.99 Å². The number of amides is 1. The van der Waals surface area contributed by atoms with Gasteiger partial charge in [0.15, 0.2) is 0 Å². The minimum Gasteiger partial charge on any atom is -0.806 e. The minimum atomic E-state index is -0.589. The number of benzene rings is 2. The lowest BCUT2D eigenvalue weighted by Crippen LogP contribution is -2.34. The Balaban J connectivity index is 1.90. The van der Waals surface area contributed by atoms with Crippen LogP contribution in [0.3, 0.4) is 0 Å². The molecule has 152 valence electrons. The van der Waals surface area contributed by atoms with Crippen LogP contribution in [0.15, 0.2) is 59.7 Å². The molecule has 1 N–H and O–H groups in total. The first-order chi connectivity index (χ1) is 13.7. The molecular weight excluding hydrogens is 481 g/mol. The van der Waals surface area contributed by atoms with E-state index in [1.54, 1.807) is 6.21 Å². The number of carbonyl (C=O) groups excluding carboxylic acids is 1. The largest absolute Gasteiger partial charge is 0.806 e. The first kappa shape index (κ1) is 21.2. The number of alkyl carbamates (subject to hydrolysis) is 1. The summed E-state index contributed by atoms with van der Waals surface area (Å²) in [4.78, 5) is 16.8. The molecule has 1 aromatic heterocycles. The molecule has 1 atom stereocenters. The van der Waals surface area contributed by atoms with Crippen molar-refractivity contribution in [2.45, 2.75) is 32.4 Å². The molecule has 0 aliphatic carbocycles. The van der Waals surface area contributed by atoms with Gasteiger partial charge in [0.25, 0.3) is 0 Å². The second kappa shape index (κ2) is 8.86. The monoisotopic (exact) mass is 504 g/mol. The number of halogens is 1. The van der Waals surface area contributed by atoms with Crippen LogP contribution in [-0.4, -0.2) is 29.2 Å². The summed E-state index contributed by atoms with van der Waals surface area (Å²) in [6, 6.07) is 15.0. The minimum absolute atomic E-state index is 0.212. The SMILES string of the molecule is CC(C)(C)OC(=O)NCC(N=Cc1ccccc1)c1cn([O-])c2cc(I)ccc12. The maximum Gasteiger partial charge on any atom is 0.407 e. The Labute approximate surface area is 183 Å². The van der Waals surface area contributed by atoms with Gasteiger partial charge in [-0.1, -0.05) is 36.4 Å². The number of nitrogens with one attached hydrogen (secondary N) is 1. The number of aromatic nitrogens is 1. The molecule has 1 amide bonds. The molecule has 0 fully saturated rings. The summed E-state index contributed by atoms with van der Waals surface area (Å²) >= 11 is 2.18. The van der Waals surface area contributed by atoms with E-state index in [1.807, 2.05) is 69.3 Å². The second-order valence-corrected chi connectivity index (χ2v) is 8.90. The van der Waals surface area contributed by atoms with Crippen LogP contribution in [0, 0.1) is 8.78 Å². The third-order valence-corrected chi connectivity index (χ3v) is 4.84. The summed E-state index contributed by atoms with van der Waals surface area (Å²) in [5.74, 6) is 0. The Hall–Kier alpha value is -2.55. The molecule has 0 saturated carbocycles. The van der Waals surface area contributed by atoms with Crippen LogP contribution in [0.1, 0.15) is 37.9 Å². The van der Waals surface area contributed by atoms with Crippen LogP contribution in [0.4, 0.5) is 4.79 Å². The van der Waals surface area contributed by atoms with E-state index >= 15 is 0 Å². The lowest BCUT2D eigenvalue weighted by molar-refractivity contribution is 0.0525. The average Bonchev–Trinajstić information content (AvgIpc) is 2.97. The van der Waals surface area contributed by atoms with E-state index in [0.717, 1.165) is 24.8 Å². The molecule has 7 heteroatoms. The number of ether oxygens (including phenoxy) is 1. The lowest BCUT2D eigenvalue weighted by Gasteiger charge is -2.21. The van der Waals surface area contributed by atoms with Crippen LogP contribution >= 0.6 is 22.6 Å². The maximum atomic E-state index is 12.4. The standard InChI is InChI=1S/C22H23IN3O3/c1-22(2,3)29-21(27)25-13-19(24-12-15-7-5-4-6-8-15)18-14-26(28)20-11-16(23)9-10-17(18)20/h4-12,14,19H,13H2,1-3H3,(H,25,27)/q-1. The van der Waals surface area contributed by atoms with Crippen LogP contribution in [0.25, 0.3) is 10.9 Å². The van der Waals surface area contributed by atoms with Gasteiger partial charge in [-0.3, -0.25) is 4.99 Å². The van der Waals surface area contributed by atoms with Crippen molar-refractivity contribution in [3.8, 4) is 0 Å². The number of hydrogen-bond donors (Lipinski definition) is 1. The van der Waals surface area contributed by atoms with Crippen LogP contribution in [0.5, 0.6) is 0 Å². The Morgan fingerprint density at radius 3 is 2.69 bits per heavy atom. The number of aliphatic imine (C=N–C) groups is 1. The van der Waals surface area contributed by atoms with Crippen molar-refractivity contribution in [1.82, 2.24) is 10.0 Å². The van der Waals surface area contributed by atoms with Gasteiger partial charge in [-0.2, -0.15) is 0 Å². The third-order valence-electron chi connectivity index (χ3n) is 4.17. The molecule has 29 heavy (non-hydrogen) atoms. The number of hydrogen-bond acceptors (Lipinski definition) is 4. The Kier molecular flexibility index (Phi) is 6.46. The zero-order valence-corrected chi connectivity index (χ0v) is 18.7. The first-order valence-electron chi connectivity index (χ1n) is 9.26. The van der Waals surface area contributed by atoms with Gasteiger partial charge in [0, 0.05) is 39.0 Å². The van der Waals surface area contributed by atoms with E-state index in [2.05, 4.69) is 32.9 Å². The highest BCUT2D eigenvalue weighted by Gasteiger charge is 2.20. The van der Waals surface area contributed by atoms with E-state index in [-0.39, 0.29) is 6.54 Å². The highest BCUT2D eigenvalue weighted by atomic mass is 127. The molecule has 6 nitrogen and oxygen atoms in total. The Morgan fingerprint density at radius 2 is 2.00 bits per heavy atom. The number of fused-ring (bicyclic) bond motifs is 1. The molecule has 0 radical (unpaired) electrons. The molecule has 0 saturated heterocycles. The fraction of sp³-hybridized carbons (Fsp3) is 0.273. The van der Waals surface area contributed by atoms with E-state index in [4.69, 9.17) is 4.74 Å². The normalized spacial score (nSPS) is 13.0. The van der Waals surface area contributed by atoms with Crippen LogP contribution in [0.2, 0.25) is 0 Å². The zero-order valence-electron chi connectivity index (χ0n) is 16.6. The van der Waals surface area contributed by atoms with Crippen molar-refractivity contribution in [3.05, 3.63) is 74.6 Å². The fourth-order valence-electron chi connectivity index (χ4n) is 2.91. The molecule has 2 aromatic carbocycles. The second-order valence-electron chi connectivity index (χ2n) is 7.66. The molecule has 0 bridgehead atoms. The maximum absolute atomic E-state index is 12.4. The van der Waals surface area contributed by atoms with Crippen molar-refractivity contribution >= 4 is 45.8 Å². The van der Waals surface area contributed by atoms with Gasteiger partial charge in [-0.25, -0.2) is 4.79 Å². The molecule has 1 unspecified atom stereocenters. The zero-order chi connectivity index (χ0) is 21.0. The smallest absolute Gasteiger partial charge is 0.407 e. The van der Waals surface area contributed by atoms with E-state index in [1.165, 1.54) is 6.20 Å². The Morgan fingerprint density at radius 1 is 1.28 bits per heavy atom. The molecule has 0 aliphatic rings. The van der Waals surface area contributed by atoms with Gasteiger partial charge in [0.05, 0.1) is 6.04 Å². The van der Waals surface area contributed by atoms with Gasteiger partial charge in [0.2, 0.25) is 0 Å². The predicted octanol–water partition coefficient (Wildman–Crippen LogP) is 5.28. The average molecular weight is 504 g/mol. The van der Waals surface area contributed by atoms with Crippen molar-refractivity contribution < 1.29 is 9.53 Å². The van der Waals surface area contributed by atoms with Crippen molar-refractivity contribution in [1.29, 1.82) is 0 Å². The van der Waals surface area contributed by atoms with E-state index in [0.29, 0.717) is 5.52 Å². The van der Waals surface area contributed by atoms with Crippen LogP contribution in [-0.2, 0) is 4.74 Å². The summed E-state index contributed by atoms with van der Waals surface area (Å²) in [7, 11) is 0. The quantitative estimate of drug-likeness (QED) is 0.380. The van der Waals surface area contributed by atoms with Crippen molar-refractivity contribution in [3.63, 3.8) is 0 Å². The number of nitrogens with zero attached hydrogens (tertiary/aromatic N) is 2. The molecular formula is C22H23IN3O3-. The third kappa shape index (κ3) is 5.72. The molecule has 1 heterocycles. The van der Waals surface area contributed by atoms with E-state index < -0.39 is 17.7 Å². The van der Waals surface area contributed by atoms with Gasteiger partial charge >= 0.3 is 6.09 Å². The van der Waals surface area contributed by atoms with Crippen molar-refractivity contribution in [2.75, 3.05) is 6.54 Å². The fourth-order valence-corrected chi connectivity index (χ4v) is 3.39. The van der Waals surface area contributed by atoms with Gasteiger partial charge in [-0.15, -0.1) is 0 Å². The summed E-state index contributed by atoms with van der Waals surface area (Å²) in [6.07, 6.45) is 2.77. The predicted molar refractivity (Wildman–Crippen MR) is 124 cm³/mol. The topological polar surface area (TPSA) is 78.7 Å². The van der Waals surface area contributed by atoms with E-state index in [9.17, 15) is 10.0 Å². The number of carbonyl (C=O) groups is 1. The summed E-state index contributed by atoms with van der Waals surface area (Å²) < 4.78 is 7.16. The summed E-state index contributed by atoms with van der Waals surface area (Å²) in [5.41, 5.74) is 1.70. The Bertz CT molecular complexity index is 1020.